The van der Waals surface area contributed by atoms with Crippen LogP contribution >= 0.6 is 11.3 Å². The first-order valence-corrected chi connectivity index (χ1v) is 10.5. The molecule has 3 rings (SSSR count). The van der Waals surface area contributed by atoms with E-state index in [1.165, 1.54) is 22.3 Å². The summed E-state index contributed by atoms with van der Waals surface area (Å²) in [6.07, 6.45) is -4.11. The molecule has 0 fully saturated rings. The first-order valence-electron chi connectivity index (χ1n) is 9.67. The Labute approximate surface area is 187 Å². The number of anilines is 2. The number of aromatic nitrogens is 1. The zero-order chi connectivity index (χ0) is 23.1. The van der Waals surface area contributed by atoms with Crippen molar-refractivity contribution < 1.29 is 27.4 Å². The lowest BCUT2D eigenvalue weighted by atomic mass is 10.2. The van der Waals surface area contributed by atoms with Gasteiger partial charge in [0, 0.05) is 23.4 Å². The number of hydrogen-bond donors (Lipinski definition) is 0. The van der Waals surface area contributed by atoms with Crippen LogP contribution in [0.5, 0.6) is 11.5 Å². The maximum absolute atomic E-state index is 12.6. The number of alkyl halides is 3. The number of thiazole rings is 1. The van der Waals surface area contributed by atoms with Crippen molar-refractivity contribution >= 4 is 28.1 Å². The SMILES string of the molecule is C=CC(=O)N(c1cccc(OCCCC(F)(F)F)c1)c1nc(-c2ccc(OC)cc2)cs1. The minimum absolute atomic E-state index is 0.0861. The van der Waals surface area contributed by atoms with Crippen molar-refractivity contribution in [2.24, 2.45) is 0 Å². The van der Waals surface area contributed by atoms with Crippen LogP contribution in [-0.4, -0.2) is 30.8 Å². The van der Waals surface area contributed by atoms with Crippen molar-refractivity contribution in [1.29, 1.82) is 0 Å². The van der Waals surface area contributed by atoms with E-state index in [2.05, 4.69) is 11.6 Å². The van der Waals surface area contributed by atoms with Gasteiger partial charge in [0.05, 0.1) is 25.1 Å². The molecular formula is C23H21F3N2O3S. The Balaban J connectivity index is 1.81. The second-order valence-corrected chi connectivity index (χ2v) is 7.52. The monoisotopic (exact) mass is 462 g/mol. The van der Waals surface area contributed by atoms with Crippen molar-refractivity contribution in [3.05, 3.63) is 66.6 Å². The summed E-state index contributed by atoms with van der Waals surface area (Å²) in [5.74, 6) is 0.688. The third-order valence-electron chi connectivity index (χ3n) is 4.41. The number of hydrogen-bond acceptors (Lipinski definition) is 5. The zero-order valence-electron chi connectivity index (χ0n) is 17.3. The summed E-state index contributed by atoms with van der Waals surface area (Å²) in [6, 6.07) is 13.9. The number of halogens is 3. The molecule has 0 N–H and O–H groups in total. The van der Waals surface area contributed by atoms with Crippen LogP contribution in [0.1, 0.15) is 12.8 Å². The molecule has 0 aliphatic rings. The molecule has 0 atom stereocenters. The van der Waals surface area contributed by atoms with E-state index >= 15 is 0 Å². The maximum Gasteiger partial charge on any atom is 0.389 e. The standard InChI is InChI=1S/C23H21F3N2O3S/c1-3-21(29)28(17-6-4-7-19(14-17)31-13-5-12-23(24,25)26)22-27-20(15-32-22)16-8-10-18(30-2)11-9-16/h3-4,6-11,14-15H,1,5,12-13H2,2H3. The Kier molecular flexibility index (Phi) is 7.53. The molecule has 0 radical (unpaired) electrons. The molecule has 0 aliphatic carbocycles. The van der Waals surface area contributed by atoms with E-state index in [9.17, 15) is 18.0 Å². The fourth-order valence-electron chi connectivity index (χ4n) is 2.86. The number of amides is 1. The van der Waals surface area contributed by atoms with Gasteiger partial charge in [-0.25, -0.2) is 4.98 Å². The Morgan fingerprint density at radius 1 is 1.19 bits per heavy atom. The number of ether oxygens (including phenoxy) is 2. The van der Waals surface area contributed by atoms with Crippen molar-refractivity contribution in [2.45, 2.75) is 19.0 Å². The molecule has 0 bridgehead atoms. The molecule has 1 heterocycles. The molecule has 1 amide bonds. The van der Waals surface area contributed by atoms with Crippen LogP contribution in [0.3, 0.4) is 0 Å². The summed E-state index contributed by atoms with van der Waals surface area (Å²) >= 11 is 1.28. The second-order valence-electron chi connectivity index (χ2n) is 6.69. The van der Waals surface area contributed by atoms with Crippen LogP contribution in [0.4, 0.5) is 24.0 Å². The average Bonchev–Trinajstić information content (AvgIpc) is 3.26. The van der Waals surface area contributed by atoms with Gasteiger partial charge in [-0.05, 0) is 48.9 Å². The molecule has 32 heavy (non-hydrogen) atoms. The van der Waals surface area contributed by atoms with Gasteiger partial charge >= 0.3 is 6.18 Å². The Bertz CT molecular complexity index is 1060. The molecule has 9 heteroatoms. The largest absolute Gasteiger partial charge is 0.497 e. The van der Waals surface area contributed by atoms with Crippen LogP contribution in [0.2, 0.25) is 0 Å². The van der Waals surface area contributed by atoms with Gasteiger partial charge in [-0.2, -0.15) is 13.2 Å². The number of carbonyl (C=O) groups excluding carboxylic acids is 1. The van der Waals surface area contributed by atoms with Gasteiger partial charge < -0.3 is 9.47 Å². The number of methoxy groups -OCH3 is 1. The lowest BCUT2D eigenvalue weighted by Crippen LogP contribution is -2.23. The highest BCUT2D eigenvalue weighted by molar-refractivity contribution is 7.14. The summed E-state index contributed by atoms with van der Waals surface area (Å²) in [4.78, 5) is 18.6. The van der Waals surface area contributed by atoms with E-state index in [4.69, 9.17) is 9.47 Å². The van der Waals surface area contributed by atoms with E-state index in [0.717, 1.165) is 11.3 Å². The first-order chi connectivity index (χ1) is 15.3. The highest BCUT2D eigenvalue weighted by atomic mass is 32.1. The maximum atomic E-state index is 12.6. The van der Waals surface area contributed by atoms with Crippen LogP contribution < -0.4 is 14.4 Å². The summed E-state index contributed by atoms with van der Waals surface area (Å²) in [7, 11) is 1.59. The summed E-state index contributed by atoms with van der Waals surface area (Å²) in [6.45, 7) is 3.47. The van der Waals surface area contributed by atoms with E-state index in [-0.39, 0.29) is 13.0 Å². The van der Waals surface area contributed by atoms with Crippen LogP contribution in [-0.2, 0) is 4.79 Å². The normalized spacial score (nSPS) is 11.1. The Morgan fingerprint density at radius 2 is 1.94 bits per heavy atom. The third-order valence-corrected chi connectivity index (χ3v) is 5.24. The van der Waals surface area contributed by atoms with Gasteiger partial charge in [0.1, 0.15) is 11.5 Å². The molecule has 168 valence electrons. The average molecular weight is 462 g/mol. The fourth-order valence-corrected chi connectivity index (χ4v) is 3.72. The molecule has 0 spiro atoms. The minimum Gasteiger partial charge on any atom is -0.497 e. The van der Waals surface area contributed by atoms with E-state index in [1.54, 1.807) is 31.4 Å². The smallest absolute Gasteiger partial charge is 0.389 e. The van der Waals surface area contributed by atoms with E-state index in [0.29, 0.717) is 22.3 Å². The number of carbonyl (C=O) groups is 1. The Hall–Kier alpha value is -3.33. The highest BCUT2D eigenvalue weighted by Gasteiger charge is 2.26. The van der Waals surface area contributed by atoms with Gasteiger partial charge in [-0.15, -0.1) is 11.3 Å². The zero-order valence-corrected chi connectivity index (χ0v) is 18.1. The van der Waals surface area contributed by atoms with Crippen molar-refractivity contribution in [1.82, 2.24) is 4.98 Å². The van der Waals surface area contributed by atoms with Gasteiger partial charge in [0.2, 0.25) is 0 Å². The van der Waals surface area contributed by atoms with Gasteiger partial charge in [0.15, 0.2) is 5.13 Å². The highest BCUT2D eigenvalue weighted by Crippen LogP contribution is 2.34. The molecule has 5 nitrogen and oxygen atoms in total. The summed E-state index contributed by atoms with van der Waals surface area (Å²) in [5.41, 5.74) is 2.02. The van der Waals surface area contributed by atoms with Gasteiger partial charge in [-0.3, -0.25) is 9.69 Å². The first kappa shape index (κ1) is 23.3. The number of benzene rings is 2. The van der Waals surface area contributed by atoms with E-state index in [1.807, 2.05) is 29.6 Å². The van der Waals surface area contributed by atoms with Crippen LogP contribution in [0.25, 0.3) is 11.3 Å². The van der Waals surface area contributed by atoms with Crippen molar-refractivity contribution in [3.63, 3.8) is 0 Å². The lowest BCUT2D eigenvalue weighted by molar-refractivity contribution is -0.136. The molecule has 3 aromatic rings. The quantitative estimate of drug-likeness (QED) is 0.273. The molecule has 0 unspecified atom stereocenters. The number of nitrogens with zero attached hydrogens (tertiary/aromatic N) is 2. The number of rotatable bonds is 9. The molecular weight excluding hydrogens is 441 g/mol. The van der Waals surface area contributed by atoms with E-state index < -0.39 is 18.5 Å². The fraction of sp³-hybridized carbons (Fsp3) is 0.217. The minimum atomic E-state index is -4.22. The van der Waals surface area contributed by atoms with Gasteiger partial charge in [0.25, 0.3) is 5.91 Å². The molecule has 0 saturated heterocycles. The predicted molar refractivity (Wildman–Crippen MR) is 119 cm³/mol. The van der Waals surface area contributed by atoms with Crippen molar-refractivity contribution in [2.75, 3.05) is 18.6 Å². The van der Waals surface area contributed by atoms with Gasteiger partial charge in [-0.1, -0.05) is 12.6 Å². The summed E-state index contributed by atoms with van der Waals surface area (Å²) in [5, 5.41) is 2.26. The van der Waals surface area contributed by atoms with Crippen LogP contribution in [0.15, 0.2) is 66.6 Å². The second kappa shape index (κ2) is 10.3. The molecule has 0 saturated carbocycles. The van der Waals surface area contributed by atoms with Crippen LogP contribution in [0, 0.1) is 0 Å². The topological polar surface area (TPSA) is 51.7 Å². The Morgan fingerprint density at radius 3 is 2.59 bits per heavy atom. The summed E-state index contributed by atoms with van der Waals surface area (Å²) < 4.78 is 47.5. The molecule has 1 aromatic heterocycles. The lowest BCUT2D eigenvalue weighted by Gasteiger charge is -2.19. The molecule has 2 aromatic carbocycles. The van der Waals surface area contributed by atoms with Crippen molar-refractivity contribution in [3.8, 4) is 22.8 Å². The predicted octanol–water partition coefficient (Wildman–Crippen LogP) is 6.39. The third kappa shape index (κ3) is 6.10. The molecule has 0 aliphatic heterocycles.